The van der Waals surface area contributed by atoms with Crippen LogP contribution in [-0.2, 0) is 33.3 Å². The molecule has 9 heteroatoms. The molecule has 0 aromatic heterocycles. The lowest BCUT2D eigenvalue weighted by Gasteiger charge is -2.25. The smallest absolute Gasteiger partial charge is 0.361 e. The first-order valence-corrected chi connectivity index (χ1v) is 31.6. The van der Waals surface area contributed by atoms with Crippen molar-refractivity contribution in [3.8, 4) is 0 Å². The number of quaternary nitrogens is 1. The summed E-state index contributed by atoms with van der Waals surface area (Å²) in [6, 6.07) is 0. The van der Waals surface area contributed by atoms with Gasteiger partial charge in [-0.25, -0.2) is 4.79 Å². The molecule has 0 aliphatic carbocycles. The predicted molar refractivity (Wildman–Crippen MR) is 345 cm³/mol. The third-order valence-corrected chi connectivity index (χ3v) is 12.8. The van der Waals surface area contributed by atoms with Gasteiger partial charge in [-0.15, -0.1) is 0 Å². The number of carbonyl (C=O) groups is 3. The van der Waals surface area contributed by atoms with Crippen molar-refractivity contribution in [2.24, 2.45) is 0 Å². The summed E-state index contributed by atoms with van der Waals surface area (Å²) in [5, 5.41) is 9.73. The standard InChI is InChI=1S/C72H115NO8/c1-6-8-10-12-14-16-18-20-22-24-26-28-30-32-34-35-37-39-41-43-45-47-49-51-53-55-57-59-61-63-70(75)81-68(67-80-72(71(76)77)78-65-64-73(3,4)5)66-79-69(74)62-60-58-56-54-52-50-48-46-44-42-40-38-36-33-31-29-27-25-23-21-19-17-15-13-11-9-7-2/h8-11,14-17,20-23,26-29,32-34,36-37,39,43,45,49,51,68,72H,6-7,12-13,18-19,24-25,30-31,35,38,40-42,44,46-48,50,52-67H2,1-5H3/p+1/b10-8-,11-9-,16-14-,17-15-,22-20-,23-21-,28-26-,29-27-,34-32-,36-33-,39-37-,45-43-,51-49-. The molecule has 9 nitrogen and oxygen atoms in total. The van der Waals surface area contributed by atoms with Crippen LogP contribution in [0.5, 0.6) is 0 Å². The number of esters is 2. The van der Waals surface area contributed by atoms with Crippen molar-refractivity contribution >= 4 is 17.9 Å². The zero-order chi connectivity index (χ0) is 59.1. The Morgan fingerprint density at radius 2 is 0.667 bits per heavy atom. The number of ether oxygens (including phenoxy) is 4. The summed E-state index contributed by atoms with van der Waals surface area (Å²) in [6.07, 6.45) is 87.5. The van der Waals surface area contributed by atoms with Gasteiger partial charge in [0.05, 0.1) is 34.4 Å². The summed E-state index contributed by atoms with van der Waals surface area (Å²) in [5.41, 5.74) is 0. The quantitative estimate of drug-likeness (QED) is 0.0211. The second-order valence-corrected chi connectivity index (χ2v) is 21.6. The van der Waals surface area contributed by atoms with Gasteiger partial charge in [0.2, 0.25) is 0 Å². The monoisotopic (exact) mass is 1120 g/mol. The van der Waals surface area contributed by atoms with Crippen LogP contribution in [-0.4, -0.2) is 87.4 Å². The lowest BCUT2D eigenvalue weighted by Crippen LogP contribution is -2.40. The van der Waals surface area contributed by atoms with Crippen molar-refractivity contribution in [1.29, 1.82) is 0 Å². The van der Waals surface area contributed by atoms with E-state index >= 15 is 0 Å². The minimum atomic E-state index is -1.53. The van der Waals surface area contributed by atoms with Gasteiger partial charge in [0.1, 0.15) is 13.2 Å². The minimum absolute atomic E-state index is 0.173. The van der Waals surface area contributed by atoms with E-state index < -0.39 is 24.3 Å². The molecule has 0 radical (unpaired) electrons. The molecule has 0 bridgehead atoms. The summed E-state index contributed by atoms with van der Waals surface area (Å²) in [4.78, 5) is 37.5. The van der Waals surface area contributed by atoms with Gasteiger partial charge >= 0.3 is 17.9 Å². The number of carbonyl (C=O) groups excluding carboxylic acids is 2. The number of likely N-dealkylation sites (N-methyl/N-ethyl adjacent to an activating group) is 1. The Morgan fingerprint density at radius 1 is 0.370 bits per heavy atom. The Hall–Kier alpha value is -5.09. The van der Waals surface area contributed by atoms with Crippen LogP contribution in [0, 0.1) is 0 Å². The van der Waals surface area contributed by atoms with Gasteiger partial charge in [0, 0.05) is 12.8 Å². The maximum atomic E-state index is 12.9. The molecule has 0 amide bonds. The Kier molecular flexibility index (Phi) is 57.2. The molecular weight excluding hydrogens is 1010 g/mol. The van der Waals surface area contributed by atoms with Crippen LogP contribution in [0.4, 0.5) is 0 Å². The van der Waals surface area contributed by atoms with E-state index in [1.54, 1.807) is 0 Å². The van der Waals surface area contributed by atoms with Crippen molar-refractivity contribution in [2.75, 3.05) is 47.5 Å². The molecule has 0 rings (SSSR count). The highest BCUT2D eigenvalue weighted by Crippen LogP contribution is 2.15. The molecule has 2 atom stereocenters. The lowest BCUT2D eigenvalue weighted by atomic mass is 10.0. The Morgan fingerprint density at radius 3 is 0.988 bits per heavy atom. The molecule has 0 aromatic carbocycles. The van der Waals surface area contributed by atoms with Crippen LogP contribution < -0.4 is 0 Å². The number of hydrogen-bond acceptors (Lipinski definition) is 7. The highest BCUT2D eigenvalue weighted by Gasteiger charge is 2.25. The van der Waals surface area contributed by atoms with Crippen molar-refractivity contribution in [2.45, 2.75) is 232 Å². The molecule has 0 saturated heterocycles. The highest BCUT2D eigenvalue weighted by atomic mass is 16.7. The molecular formula is C72H116NO8+. The molecule has 81 heavy (non-hydrogen) atoms. The Bertz CT molecular complexity index is 1880. The Labute approximate surface area is 495 Å². The van der Waals surface area contributed by atoms with Gasteiger partial charge in [-0.1, -0.05) is 242 Å². The average Bonchev–Trinajstić information content (AvgIpc) is 3.44. The topological polar surface area (TPSA) is 108 Å². The number of carboxylic acid groups (broad SMARTS) is 1. The van der Waals surface area contributed by atoms with Crippen molar-refractivity contribution < 1.29 is 42.9 Å². The van der Waals surface area contributed by atoms with E-state index in [0.29, 0.717) is 17.4 Å². The second-order valence-electron chi connectivity index (χ2n) is 21.6. The SMILES string of the molecule is CC/C=C\C/C=C\C/C=C\C/C=C\C/C=C\C/C=C\C/C=C\C/C=C\CCCCCCC(=O)OC(COC(=O)CCCCCCCCCCCCC/C=C\C/C=C\C/C=C\C/C=C\C/C=C\CC)COC(OCC[N+](C)(C)C)C(=O)O. The van der Waals surface area contributed by atoms with Gasteiger partial charge in [0.25, 0.3) is 6.29 Å². The van der Waals surface area contributed by atoms with E-state index in [0.717, 1.165) is 141 Å². The van der Waals surface area contributed by atoms with Gasteiger partial charge in [-0.2, -0.15) is 0 Å². The number of aliphatic carboxylic acids is 1. The first-order chi connectivity index (χ1) is 39.6. The maximum Gasteiger partial charge on any atom is 0.361 e. The van der Waals surface area contributed by atoms with Gasteiger partial charge in [-0.3, -0.25) is 9.59 Å². The summed E-state index contributed by atoms with van der Waals surface area (Å²) < 4.78 is 22.9. The molecule has 0 aromatic rings. The molecule has 456 valence electrons. The third kappa shape index (κ3) is 62.4. The van der Waals surface area contributed by atoms with E-state index in [1.807, 2.05) is 21.1 Å². The maximum absolute atomic E-state index is 12.9. The summed E-state index contributed by atoms with van der Waals surface area (Å²) in [5.74, 6) is -2.06. The predicted octanol–water partition coefficient (Wildman–Crippen LogP) is 19.3. The average molecular weight is 1120 g/mol. The van der Waals surface area contributed by atoms with Crippen LogP contribution in [0.3, 0.4) is 0 Å². The number of nitrogens with zero attached hydrogens (tertiary/aromatic N) is 1. The minimum Gasteiger partial charge on any atom is -0.477 e. The molecule has 0 saturated carbocycles. The molecule has 0 heterocycles. The first kappa shape index (κ1) is 75.9. The van der Waals surface area contributed by atoms with Crippen LogP contribution in [0.25, 0.3) is 0 Å². The normalized spacial score (nSPS) is 13.8. The fourth-order valence-electron chi connectivity index (χ4n) is 8.00. The number of hydrogen-bond donors (Lipinski definition) is 1. The molecule has 0 spiro atoms. The molecule has 0 aliphatic rings. The molecule has 0 fully saturated rings. The van der Waals surface area contributed by atoms with E-state index in [4.69, 9.17) is 18.9 Å². The van der Waals surface area contributed by atoms with Crippen molar-refractivity contribution in [1.82, 2.24) is 0 Å². The molecule has 0 aliphatic heterocycles. The van der Waals surface area contributed by atoms with Crippen molar-refractivity contribution in [3.63, 3.8) is 0 Å². The van der Waals surface area contributed by atoms with Crippen LogP contribution in [0.1, 0.15) is 219 Å². The van der Waals surface area contributed by atoms with E-state index in [1.165, 1.54) is 44.9 Å². The number of carboxylic acids is 1. The van der Waals surface area contributed by atoms with Gasteiger partial charge < -0.3 is 28.5 Å². The van der Waals surface area contributed by atoms with Crippen LogP contribution in [0.2, 0.25) is 0 Å². The number of unbranched alkanes of at least 4 members (excludes halogenated alkanes) is 15. The fraction of sp³-hybridized carbons (Fsp3) is 0.597. The zero-order valence-electron chi connectivity index (χ0n) is 51.9. The second kappa shape index (κ2) is 61.0. The fourth-order valence-corrected chi connectivity index (χ4v) is 8.00. The van der Waals surface area contributed by atoms with Crippen LogP contribution in [0.15, 0.2) is 158 Å². The zero-order valence-corrected chi connectivity index (χ0v) is 51.9. The molecule has 1 N–H and O–H groups in total. The highest BCUT2D eigenvalue weighted by molar-refractivity contribution is 5.71. The summed E-state index contributed by atoms with van der Waals surface area (Å²) >= 11 is 0. The summed E-state index contributed by atoms with van der Waals surface area (Å²) in [7, 11) is 5.95. The Balaban J connectivity index is 4.31. The largest absolute Gasteiger partial charge is 0.477 e. The van der Waals surface area contributed by atoms with Gasteiger partial charge in [0.15, 0.2) is 6.10 Å². The third-order valence-electron chi connectivity index (χ3n) is 12.8. The number of rotatable bonds is 56. The van der Waals surface area contributed by atoms with Gasteiger partial charge in [-0.05, 0) is 122 Å². The van der Waals surface area contributed by atoms with E-state index in [-0.39, 0.29) is 38.6 Å². The molecule has 2 unspecified atom stereocenters. The van der Waals surface area contributed by atoms with E-state index in [2.05, 4.69) is 172 Å². The van der Waals surface area contributed by atoms with Crippen molar-refractivity contribution in [3.05, 3.63) is 158 Å². The number of allylic oxidation sites excluding steroid dienone is 26. The van der Waals surface area contributed by atoms with Crippen LogP contribution >= 0.6 is 0 Å². The summed E-state index contributed by atoms with van der Waals surface area (Å²) in [6.45, 7) is 4.60. The first-order valence-electron chi connectivity index (χ1n) is 31.6. The lowest BCUT2D eigenvalue weighted by molar-refractivity contribution is -0.870. The van der Waals surface area contributed by atoms with E-state index in [9.17, 15) is 19.5 Å².